The normalized spacial score (nSPS) is 15.5. The maximum Gasteiger partial charge on any atom is 0.241 e. The summed E-state index contributed by atoms with van der Waals surface area (Å²) in [4.78, 5) is 18.8. The summed E-state index contributed by atoms with van der Waals surface area (Å²) in [5.41, 5.74) is 0.460. The Labute approximate surface area is 168 Å². The van der Waals surface area contributed by atoms with Crippen LogP contribution < -0.4 is 14.9 Å². The molecule has 10 heteroatoms. The van der Waals surface area contributed by atoms with Gasteiger partial charge in [-0.25, -0.2) is 22.5 Å². The summed E-state index contributed by atoms with van der Waals surface area (Å²) in [6.07, 6.45) is 2.57. The first-order valence-electron chi connectivity index (χ1n) is 8.70. The van der Waals surface area contributed by atoms with Crippen LogP contribution >= 0.6 is 11.6 Å². The van der Waals surface area contributed by atoms with Gasteiger partial charge in [0.25, 0.3) is 0 Å². The van der Waals surface area contributed by atoms with E-state index < -0.39 is 15.8 Å². The molecular weight excluding hydrogens is 407 g/mol. The maximum absolute atomic E-state index is 13.2. The van der Waals surface area contributed by atoms with E-state index in [1.807, 2.05) is 4.90 Å². The van der Waals surface area contributed by atoms with Crippen LogP contribution in [0.1, 0.15) is 12.8 Å². The monoisotopic (exact) mass is 426 g/mol. The standard InChI is InChI=1S/C18H20ClFN4O3S/c1-21-28(26,27)14-3-5-17(22-11-14)24-8-6-12(7-9-24)18(25)23-13-2-4-16(20)15(19)10-13/h2-5,10-12,21H,6-9H2,1H3,(H,23,25). The van der Waals surface area contributed by atoms with Crippen LogP contribution in [0.25, 0.3) is 0 Å². The van der Waals surface area contributed by atoms with Crippen molar-refractivity contribution >= 4 is 39.0 Å². The van der Waals surface area contributed by atoms with Crippen LogP contribution in [0.15, 0.2) is 41.4 Å². The average molecular weight is 427 g/mol. The second-order valence-corrected chi connectivity index (χ2v) is 8.73. The molecule has 0 atom stereocenters. The van der Waals surface area contributed by atoms with E-state index in [4.69, 9.17) is 11.6 Å². The van der Waals surface area contributed by atoms with E-state index in [0.29, 0.717) is 37.4 Å². The van der Waals surface area contributed by atoms with Crippen molar-refractivity contribution in [2.24, 2.45) is 5.92 Å². The second-order valence-electron chi connectivity index (χ2n) is 6.44. The van der Waals surface area contributed by atoms with Gasteiger partial charge in [-0.2, -0.15) is 0 Å². The Balaban J connectivity index is 1.58. The van der Waals surface area contributed by atoms with Gasteiger partial charge in [-0.1, -0.05) is 11.6 Å². The van der Waals surface area contributed by atoms with Gasteiger partial charge in [-0.3, -0.25) is 4.79 Å². The summed E-state index contributed by atoms with van der Waals surface area (Å²) < 4.78 is 39.0. The lowest BCUT2D eigenvalue weighted by Crippen LogP contribution is -2.38. The summed E-state index contributed by atoms with van der Waals surface area (Å²) in [6, 6.07) is 7.23. The highest BCUT2D eigenvalue weighted by atomic mass is 35.5. The van der Waals surface area contributed by atoms with E-state index in [2.05, 4.69) is 15.0 Å². The van der Waals surface area contributed by atoms with E-state index in [1.165, 1.54) is 37.5 Å². The first kappa shape index (κ1) is 20.5. The summed E-state index contributed by atoms with van der Waals surface area (Å²) in [5.74, 6) is -0.178. The van der Waals surface area contributed by atoms with Crippen molar-refractivity contribution in [3.05, 3.63) is 47.4 Å². The number of hydrogen-bond donors (Lipinski definition) is 2. The Kier molecular flexibility index (Phi) is 6.17. The predicted octanol–water partition coefficient (Wildman–Crippen LogP) is 2.64. The Morgan fingerprint density at radius 1 is 1.25 bits per heavy atom. The van der Waals surface area contributed by atoms with Crippen molar-refractivity contribution in [2.75, 3.05) is 30.4 Å². The van der Waals surface area contributed by atoms with Gasteiger partial charge in [0.15, 0.2) is 0 Å². The van der Waals surface area contributed by atoms with Crippen LogP contribution in [0, 0.1) is 11.7 Å². The van der Waals surface area contributed by atoms with Crippen LogP contribution in [-0.4, -0.2) is 39.4 Å². The summed E-state index contributed by atoms with van der Waals surface area (Å²) in [5, 5.41) is 2.73. The SMILES string of the molecule is CNS(=O)(=O)c1ccc(N2CCC(C(=O)Nc3ccc(F)c(Cl)c3)CC2)nc1. The van der Waals surface area contributed by atoms with Crippen molar-refractivity contribution in [2.45, 2.75) is 17.7 Å². The number of carbonyl (C=O) groups excluding carboxylic acids is 1. The fourth-order valence-corrected chi connectivity index (χ4v) is 3.88. The first-order chi connectivity index (χ1) is 13.3. The smallest absolute Gasteiger partial charge is 0.241 e. The Hall–Kier alpha value is -2.23. The molecule has 0 aliphatic carbocycles. The number of rotatable bonds is 5. The largest absolute Gasteiger partial charge is 0.357 e. The number of nitrogens with one attached hydrogen (secondary N) is 2. The molecule has 3 rings (SSSR count). The third-order valence-corrected chi connectivity index (χ3v) is 6.37. The van der Waals surface area contributed by atoms with Crippen molar-refractivity contribution in [1.82, 2.24) is 9.71 Å². The minimum Gasteiger partial charge on any atom is -0.357 e. The minimum absolute atomic E-state index is 0.0394. The topological polar surface area (TPSA) is 91.4 Å². The number of nitrogens with zero attached hydrogens (tertiary/aromatic N) is 2. The zero-order valence-electron chi connectivity index (χ0n) is 15.2. The molecule has 0 radical (unpaired) electrons. The molecule has 7 nitrogen and oxygen atoms in total. The van der Waals surface area contributed by atoms with Gasteiger partial charge in [0.2, 0.25) is 15.9 Å². The van der Waals surface area contributed by atoms with Gasteiger partial charge in [0.05, 0.1) is 5.02 Å². The number of anilines is 2. The number of carbonyl (C=O) groups is 1. The maximum atomic E-state index is 13.2. The Morgan fingerprint density at radius 2 is 1.96 bits per heavy atom. The minimum atomic E-state index is -3.52. The summed E-state index contributed by atoms with van der Waals surface area (Å²) >= 11 is 5.74. The molecule has 150 valence electrons. The molecule has 2 heterocycles. The molecule has 2 aromatic rings. The number of benzene rings is 1. The molecule has 0 bridgehead atoms. The van der Waals surface area contributed by atoms with Crippen LogP contribution in [0.5, 0.6) is 0 Å². The molecule has 0 unspecified atom stereocenters. The van der Waals surface area contributed by atoms with Crippen molar-refractivity contribution in [3.8, 4) is 0 Å². The molecule has 1 aromatic carbocycles. The lowest BCUT2D eigenvalue weighted by molar-refractivity contribution is -0.120. The number of hydrogen-bond acceptors (Lipinski definition) is 5. The van der Waals surface area contributed by atoms with Crippen LogP contribution in [0.2, 0.25) is 5.02 Å². The van der Waals surface area contributed by atoms with Crippen LogP contribution in [-0.2, 0) is 14.8 Å². The van der Waals surface area contributed by atoms with E-state index in [1.54, 1.807) is 6.07 Å². The third kappa shape index (κ3) is 4.60. The molecule has 28 heavy (non-hydrogen) atoms. The van der Waals surface area contributed by atoms with Gasteiger partial charge >= 0.3 is 0 Å². The van der Waals surface area contributed by atoms with Crippen LogP contribution in [0.3, 0.4) is 0 Å². The van der Waals surface area contributed by atoms with Gasteiger partial charge in [0, 0.05) is 30.9 Å². The van der Waals surface area contributed by atoms with E-state index >= 15 is 0 Å². The zero-order valence-corrected chi connectivity index (χ0v) is 16.7. The third-order valence-electron chi connectivity index (χ3n) is 4.68. The van der Waals surface area contributed by atoms with E-state index in [-0.39, 0.29) is 21.7 Å². The number of pyridine rings is 1. The molecule has 1 aromatic heterocycles. The molecule has 1 aliphatic heterocycles. The predicted molar refractivity (Wildman–Crippen MR) is 105 cm³/mol. The molecule has 1 saturated heterocycles. The van der Waals surface area contributed by atoms with Gasteiger partial charge in [0.1, 0.15) is 16.5 Å². The lowest BCUT2D eigenvalue weighted by atomic mass is 9.96. The second kappa shape index (κ2) is 8.42. The zero-order chi connectivity index (χ0) is 20.3. The number of halogens is 2. The van der Waals surface area contributed by atoms with Crippen LogP contribution in [0.4, 0.5) is 15.9 Å². The Morgan fingerprint density at radius 3 is 2.54 bits per heavy atom. The van der Waals surface area contributed by atoms with Gasteiger partial charge in [-0.05, 0) is 50.2 Å². The molecule has 1 aliphatic rings. The van der Waals surface area contributed by atoms with E-state index in [0.717, 1.165) is 0 Å². The van der Waals surface area contributed by atoms with Gasteiger partial charge in [-0.15, -0.1) is 0 Å². The lowest BCUT2D eigenvalue weighted by Gasteiger charge is -2.32. The first-order valence-corrected chi connectivity index (χ1v) is 10.6. The van der Waals surface area contributed by atoms with Gasteiger partial charge < -0.3 is 10.2 Å². The fourth-order valence-electron chi connectivity index (χ4n) is 3.03. The highest BCUT2D eigenvalue weighted by Crippen LogP contribution is 2.25. The molecule has 2 N–H and O–H groups in total. The molecular formula is C18H20ClFN4O3S. The Bertz CT molecular complexity index is 961. The number of sulfonamides is 1. The molecule has 1 fully saturated rings. The molecule has 0 spiro atoms. The highest BCUT2D eigenvalue weighted by molar-refractivity contribution is 7.89. The number of aromatic nitrogens is 1. The summed E-state index contributed by atoms with van der Waals surface area (Å²) in [6.45, 7) is 1.24. The molecule has 0 saturated carbocycles. The average Bonchev–Trinajstić information content (AvgIpc) is 2.71. The van der Waals surface area contributed by atoms with Crippen molar-refractivity contribution in [3.63, 3.8) is 0 Å². The highest BCUT2D eigenvalue weighted by Gasteiger charge is 2.26. The quantitative estimate of drug-likeness (QED) is 0.766. The fraction of sp³-hybridized carbons (Fsp3) is 0.333. The van der Waals surface area contributed by atoms with Crippen molar-refractivity contribution < 1.29 is 17.6 Å². The van der Waals surface area contributed by atoms with E-state index in [9.17, 15) is 17.6 Å². The van der Waals surface area contributed by atoms with Crippen molar-refractivity contribution in [1.29, 1.82) is 0 Å². The molecule has 1 amide bonds. The number of amides is 1. The summed E-state index contributed by atoms with van der Waals surface area (Å²) in [7, 11) is -2.17. The number of piperidine rings is 1.